The Balaban J connectivity index is 2.84. The van der Waals surface area contributed by atoms with E-state index < -0.39 is 23.2 Å². The molecule has 0 spiro atoms. The van der Waals surface area contributed by atoms with Crippen LogP contribution in [0.25, 0.3) is 0 Å². The first-order valence-electron chi connectivity index (χ1n) is 9.87. The number of phenols is 3. The number of carbonyl (C=O) groups is 2. The second-order valence-electron chi connectivity index (χ2n) is 6.82. The van der Waals surface area contributed by atoms with Crippen LogP contribution < -0.4 is 0 Å². The van der Waals surface area contributed by atoms with E-state index in [1.165, 1.54) is 0 Å². The minimum absolute atomic E-state index is 0.105. The van der Waals surface area contributed by atoms with Crippen LogP contribution in [0.15, 0.2) is 6.07 Å². The van der Waals surface area contributed by atoms with Gasteiger partial charge in [-0.1, -0.05) is 52.4 Å². The fraction of sp³-hybridized carbons (Fsp3) is 0.619. The summed E-state index contributed by atoms with van der Waals surface area (Å²) in [5.41, 5.74) is 0.0631. The molecule has 0 atom stereocenters. The van der Waals surface area contributed by atoms with E-state index in [4.69, 9.17) is 4.74 Å². The molecule has 0 radical (unpaired) electrons. The fourth-order valence-electron chi connectivity index (χ4n) is 2.91. The van der Waals surface area contributed by atoms with Crippen LogP contribution in [0.3, 0.4) is 0 Å². The van der Waals surface area contributed by atoms with Gasteiger partial charge in [-0.3, -0.25) is 9.59 Å². The Labute approximate surface area is 161 Å². The minimum Gasteiger partial charge on any atom is -0.504 e. The quantitative estimate of drug-likeness (QED) is 0.200. The number of ketones is 1. The molecule has 0 heterocycles. The second kappa shape index (κ2) is 12.2. The van der Waals surface area contributed by atoms with Gasteiger partial charge in [0.05, 0.1) is 18.6 Å². The van der Waals surface area contributed by atoms with E-state index in [1.54, 1.807) is 0 Å². The first-order chi connectivity index (χ1) is 12.9. The van der Waals surface area contributed by atoms with Gasteiger partial charge >= 0.3 is 5.97 Å². The molecule has 152 valence electrons. The first kappa shape index (κ1) is 22.8. The fourth-order valence-corrected chi connectivity index (χ4v) is 2.91. The molecule has 0 aliphatic rings. The Kier molecular flexibility index (Phi) is 10.3. The molecule has 1 rings (SSSR count). The van der Waals surface area contributed by atoms with Crippen LogP contribution in [0.4, 0.5) is 0 Å². The van der Waals surface area contributed by atoms with E-state index in [1.807, 2.05) is 6.92 Å². The van der Waals surface area contributed by atoms with E-state index >= 15 is 0 Å². The molecule has 0 fully saturated rings. The van der Waals surface area contributed by atoms with Crippen molar-refractivity contribution in [2.75, 3.05) is 6.61 Å². The van der Waals surface area contributed by atoms with Gasteiger partial charge in [0, 0.05) is 6.42 Å². The highest BCUT2D eigenvalue weighted by atomic mass is 16.5. The van der Waals surface area contributed by atoms with Crippen molar-refractivity contribution in [3.05, 3.63) is 17.2 Å². The molecule has 0 bridgehead atoms. The van der Waals surface area contributed by atoms with Crippen LogP contribution in [-0.2, 0) is 16.0 Å². The van der Waals surface area contributed by atoms with Gasteiger partial charge in [0.25, 0.3) is 0 Å². The van der Waals surface area contributed by atoms with E-state index in [2.05, 4.69) is 6.92 Å². The van der Waals surface area contributed by atoms with Crippen LogP contribution in [0.1, 0.15) is 87.6 Å². The minimum atomic E-state index is -0.746. The standard InChI is InChI=1S/C21H32O6/c1-3-5-7-8-9-11-16(22)19-15(13-17(23)20(25)21(19)26)14-18(24)27-12-10-6-4-2/h13,23,25-26H,3-12,14H2,1-2H3. The van der Waals surface area contributed by atoms with Crippen molar-refractivity contribution in [1.29, 1.82) is 0 Å². The van der Waals surface area contributed by atoms with Crippen LogP contribution in [-0.4, -0.2) is 33.7 Å². The number of hydrogen-bond donors (Lipinski definition) is 3. The Morgan fingerprint density at radius 3 is 2.19 bits per heavy atom. The summed E-state index contributed by atoms with van der Waals surface area (Å²) in [6.07, 6.45) is 7.50. The van der Waals surface area contributed by atoms with Gasteiger partial charge in [0.15, 0.2) is 17.3 Å². The maximum atomic E-state index is 12.6. The normalized spacial score (nSPS) is 10.7. The number of phenolic OH excluding ortho intramolecular Hbond substituents is 3. The average Bonchev–Trinajstić information content (AvgIpc) is 2.63. The molecular formula is C21H32O6. The van der Waals surface area contributed by atoms with Crippen molar-refractivity contribution >= 4 is 11.8 Å². The number of ether oxygens (including phenoxy) is 1. The molecule has 0 saturated carbocycles. The van der Waals surface area contributed by atoms with Crippen molar-refractivity contribution in [3.8, 4) is 17.2 Å². The highest BCUT2D eigenvalue weighted by Crippen LogP contribution is 2.40. The molecule has 0 unspecified atom stereocenters. The summed E-state index contributed by atoms with van der Waals surface area (Å²) in [7, 11) is 0. The van der Waals surface area contributed by atoms with Crippen molar-refractivity contribution in [3.63, 3.8) is 0 Å². The molecular weight excluding hydrogens is 348 g/mol. The van der Waals surface area contributed by atoms with Gasteiger partial charge in [-0.2, -0.15) is 0 Å². The molecule has 0 aliphatic heterocycles. The monoisotopic (exact) mass is 380 g/mol. The van der Waals surface area contributed by atoms with E-state index in [0.717, 1.165) is 51.0 Å². The molecule has 27 heavy (non-hydrogen) atoms. The van der Waals surface area contributed by atoms with Gasteiger partial charge in [-0.05, 0) is 24.5 Å². The number of carbonyl (C=O) groups excluding carboxylic acids is 2. The van der Waals surface area contributed by atoms with Crippen molar-refractivity contribution < 1.29 is 29.6 Å². The predicted octanol–water partition coefficient (Wildman–Crippen LogP) is 4.62. The van der Waals surface area contributed by atoms with Crippen molar-refractivity contribution in [1.82, 2.24) is 0 Å². The first-order valence-corrected chi connectivity index (χ1v) is 9.87. The summed E-state index contributed by atoms with van der Waals surface area (Å²) in [4.78, 5) is 24.6. The SMILES string of the molecule is CCCCCCCC(=O)c1c(CC(=O)OCCCCC)cc(O)c(O)c1O. The Morgan fingerprint density at radius 2 is 1.52 bits per heavy atom. The Bertz CT molecular complexity index is 624. The predicted molar refractivity (Wildman–Crippen MR) is 103 cm³/mol. The third kappa shape index (κ3) is 7.49. The number of hydrogen-bond acceptors (Lipinski definition) is 6. The van der Waals surface area contributed by atoms with Crippen molar-refractivity contribution in [2.24, 2.45) is 0 Å². The molecule has 3 N–H and O–H groups in total. The molecule has 1 aromatic carbocycles. The summed E-state index contributed by atoms with van der Waals surface area (Å²) in [5, 5.41) is 29.7. The number of rotatable bonds is 13. The Hall–Kier alpha value is -2.24. The van der Waals surface area contributed by atoms with Gasteiger partial charge in [0.1, 0.15) is 0 Å². The summed E-state index contributed by atoms with van der Waals surface area (Å²) in [5.74, 6) is -2.88. The number of unbranched alkanes of at least 4 members (excludes halogenated alkanes) is 6. The molecule has 6 nitrogen and oxygen atoms in total. The molecule has 0 aromatic heterocycles. The number of benzene rings is 1. The molecule has 6 heteroatoms. The van der Waals surface area contributed by atoms with E-state index in [-0.39, 0.29) is 29.8 Å². The number of aromatic hydroxyl groups is 3. The number of Topliss-reactive ketones (excluding diaryl/α,β-unsaturated/α-hetero) is 1. The highest BCUT2D eigenvalue weighted by Gasteiger charge is 2.24. The lowest BCUT2D eigenvalue weighted by molar-refractivity contribution is -0.142. The van der Waals surface area contributed by atoms with Crippen LogP contribution in [0, 0.1) is 0 Å². The zero-order chi connectivity index (χ0) is 20.2. The van der Waals surface area contributed by atoms with Crippen LogP contribution in [0.2, 0.25) is 0 Å². The summed E-state index contributed by atoms with van der Waals surface area (Å²) in [6.45, 7) is 4.45. The third-order valence-corrected chi connectivity index (χ3v) is 4.47. The van der Waals surface area contributed by atoms with Crippen LogP contribution >= 0.6 is 0 Å². The van der Waals surface area contributed by atoms with E-state index in [9.17, 15) is 24.9 Å². The molecule has 0 amide bonds. The Morgan fingerprint density at radius 1 is 0.889 bits per heavy atom. The van der Waals surface area contributed by atoms with Crippen molar-refractivity contribution in [2.45, 2.75) is 78.1 Å². The molecule has 1 aromatic rings. The molecule has 0 aliphatic carbocycles. The number of esters is 1. The summed E-state index contributed by atoms with van der Waals surface area (Å²) < 4.78 is 5.14. The smallest absolute Gasteiger partial charge is 0.310 e. The molecule has 0 saturated heterocycles. The largest absolute Gasteiger partial charge is 0.504 e. The lowest BCUT2D eigenvalue weighted by Gasteiger charge is -2.13. The van der Waals surface area contributed by atoms with Gasteiger partial charge < -0.3 is 20.1 Å². The van der Waals surface area contributed by atoms with Crippen LogP contribution in [0.5, 0.6) is 17.2 Å². The average molecular weight is 380 g/mol. The van der Waals surface area contributed by atoms with E-state index in [0.29, 0.717) is 13.0 Å². The topological polar surface area (TPSA) is 104 Å². The third-order valence-electron chi connectivity index (χ3n) is 4.47. The highest BCUT2D eigenvalue weighted by molar-refractivity contribution is 6.02. The van der Waals surface area contributed by atoms with Gasteiger partial charge in [-0.25, -0.2) is 0 Å². The lowest BCUT2D eigenvalue weighted by Crippen LogP contribution is -2.13. The van der Waals surface area contributed by atoms with Gasteiger partial charge in [-0.15, -0.1) is 0 Å². The zero-order valence-corrected chi connectivity index (χ0v) is 16.4. The van der Waals surface area contributed by atoms with Gasteiger partial charge in [0.2, 0.25) is 5.75 Å². The maximum absolute atomic E-state index is 12.6. The second-order valence-corrected chi connectivity index (χ2v) is 6.82. The zero-order valence-electron chi connectivity index (χ0n) is 16.4. The lowest BCUT2D eigenvalue weighted by atomic mass is 9.95. The summed E-state index contributed by atoms with van der Waals surface area (Å²) in [6, 6.07) is 1.15. The summed E-state index contributed by atoms with van der Waals surface area (Å²) >= 11 is 0. The maximum Gasteiger partial charge on any atom is 0.310 e.